The van der Waals surface area contributed by atoms with Gasteiger partial charge in [0.1, 0.15) is 0 Å². The molecule has 2 rings (SSSR count). The van der Waals surface area contributed by atoms with E-state index in [-0.39, 0.29) is 0 Å². The molecule has 1 aliphatic heterocycles. The number of rotatable bonds is 3. The number of nitrogens with one attached hydrogen (secondary N) is 1. The van der Waals surface area contributed by atoms with Gasteiger partial charge in [-0.05, 0) is 31.0 Å². The maximum absolute atomic E-state index is 11.2. The van der Waals surface area contributed by atoms with Crippen LogP contribution in [0.15, 0.2) is 18.2 Å². The zero-order valence-electron chi connectivity index (χ0n) is 9.82. The van der Waals surface area contributed by atoms with E-state index >= 15 is 0 Å². The highest BCUT2D eigenvalue weighted by molar-refractivity contribution is 7.85. The van der Waals surface area contributed by atoms with E-state index in [0.29, 0.717) is 16.6 Å². The third-order valence-corrected chi connectivity index (χ3v) is 4.69. The minimum absolute atomic E-state index is 0.318. The molecule has 0 aromatic heterocycles. The van der Waals surface area contributed by atoms with Gasteiger partial charge in [0.25, 0.3) is 0 Å². The Morgan fingerprint density at radius 3 is 2.61 bits per heavy atom. The molecule has 0 bridgehead atoms. The Labute approximate surface area is 113 Å². The van der Waals surface area contributed by atoms with Crippen molar-refractivity contribution in [1.82, 2.24) is 0 Å². The number of amides is 1. The van der Waals surface area contributed by atoms with Crippen LogP contribution < -0.4 is 11.1 Å². The number of anilines is 1. The summed E-state index contributed by atoms with van der Waals surface area (Å²) in [4.78, 5) is 11.0. The van der Waals surface area contributed by atoms with Crippen molar-refractivity contribution in [2.75, 3.05) is 16.8 Å². The molecule has 1 heterocycles. The number of carbonyl (C=O) groups excluding carboxylic acids is 1. The van der Waals surface area contributed by atoms with Crippen molar-refractivity contribution in [3.63, 3.8) is 0 Å². The molecular formula is C12H15ClN2O2S. The number of carbonyl (C=O) groups is 1. The van der Waals surface area contributed by atoms with Crippen LogP contribution in [0.2, 0.25) is 5.02 Å². The second kappa shape index (κ2) is 5.71. The van der Waals surface area contributed by atoms with Gasteiger partial charge in [0.15, 0.2) is 0 Å². The maximum atomic E-state index is 11.2. The average molecular weight is 287 g/mol. The summed E-state index contributed by atoms with van der Waals surface area (Å²) in [7, 11) is -0.660. The Morgan fingerprint density at radius 1 is 1.39 bits per heavy atom. The molecule has 98 valence electrons. The minimum atomic E-state index is -0.660. The molecular weight excluding hydrogens is 272 g/mol. The second-order valence-electron chi connectivity index (χ2n) is 4.33. The molecule has 1 aromatic rings. The lowest BCUT2D eigenvalue weighted by Crippen LogP contribution is -2.29. The summed E-state index contributed by atoms with van der Waals surface area (Å²) in [5.41, 5.74) is 6.38. The van der Waals surface area contributed by atoms with Gasteiger partial charge in [-0.1, -0.05) is 11.6 Å². The SMILES string of the molecule is NC(=O)c1ccc(NC2CCS(=O)CC2)cc1Cl. The van der Waals surface area contributed by atoms with Crippen molar-refractivity contribution >= 4 is 34.0 Å². The normalized spacial score (nSPS) is 23.6. The van der Waals surface area contributed by atoms with Gasteiger partial charge in [-0.15, -0.1) is 0 Å². The van der Waals surface area contributed by atoms with E-state index < -0.39 is 16.7 Å². The Balaban J connectivity index is 2.04. The lowest BCUT2D eigenvalue weighted by Gasteiger charge is -2.23. The molecule has 0 radical (unpaired) electrons. The first kappa shape index (κ1) is 13.4. The van der Waals surface area contributed by atoms with Crippen molar-refractivity contribution in [2.24, 2.45) is 5.73 Å². The van der Waals surface area contributed by atoms with Crippen LogP contribution >= 0.6 is 11.6 Å². The molecule has 3 N–H and O–H groups in total. The number of hydrogen-bond donors (Lipinski definition) is 2. The van der Waals surface area contributed by atoms with Crippen molar-refractivity contribution in [2.45, 2.75) is 18.9 Å². The largest absolute Gasteiger partial charge is 0.382 e. The van der Waals surface area contributed by atoms with E-state index in [2.05, 4.69) is 5.32 Å². The van der Waals surface area contributed by atoms with Crippen LogP contribution in [0.5, 0.6) is 0 Å². The van der Waals surface area contributed by atoms with Crippen molar-refractivity contribution in [3.05, 3.63) is 28.8 Å². The molecule has 1 aromatic carbocycles. The zero-order chi connectivity index (χ0) is 13.1. The lowest BCUT2D eigenvalue weighted by molar-refractivity contribution is 0.100. The molecule has 1 saturated heterocycles. The first-order chi connectivity index (χ1) is 8.56. The van der Waals surface area contributed by atoms with Gasteiger partial charge < -0.3 is 11.1 Å². The Hall–Kier alpha value is -1.07. The predicted octanol–water partition coefficient (Wildman–Crippen LogP) is 1.76. The molecule has 4 nitrogen and oxygen atoms in total. The van der Waals surface area contributed by atoms with Crippen LogP contribution in [-0.2, 0) is 10.8 Å². The molecule has 0 aliphatic carbocycles. The van der Waals surface area contributed by atoms with E-state index in [1.807, 2.05) is 0 Å². The summed E-state index contributed by atoms with van der Waals surface area (Å²) in [5.74, 6) is 0.954. The van der Waals surface area contributed by atoms with Crippen LogP contribution in [0, 0.1) is 0 Å². The Kier molecular flexibility index (Phi) is 4.24. The fourth-order valence-electron chi connectivity index (χ4n) is 1.98. The van der Waals surface area contributed by atoms with Gasteiger partial charge in [-0.3, -0.25) is 9.00 Å². The Bertz CT molecular complexity index is 483. The van der Waals surface area contributed by atoms with Crippen LogP contribution in [0.25, 0.3) is 0 Å². The van der Waals surface area contributed by atoms with Gasteiger partial charge in [0.2, 0.25) is 5.91 Å². The molecule has 1 amide bonds. The molecule has 6 heteroatoms. The molecule has 1 fully saturated rings. The fourth-order valence-corrected chi connectivity index (χ4v) is 3.55. The summed E-state index contributed by atoms with van der Waals surface area (Å²) >= 11 is 5.98. The molecule has 0 atom stereocenters. The van der Waals surface area contributed by atoms with Crippen LogP contribution in [0.3, 0.4) is 0 Å². The van der Waals surface area contributed by atoms with Crippen molar-refractivity contribution < 1.29 is 9.00 Å². The standard InChI is InChI=1S/C12H15ClN2O2S/c13-11-7-9(1-2-10(11)12(14)16)15-8-3-5-18(17)6-4-8/h1-2,7-8,15H,3-6H2,(H2,14,16). The van der Waals surface area contributed by atoms with Crippen LogP contribution in [-0.4, -0.2) is 27.7 Å². The number of halogens is 1. The monoisotopic (exact) mass is 286 g/mol. The molecule has 0 spiro atoms. The first-order valence-corrected chi connectivity index (χ1v) is 7.64. The van der Waals surface area contributed by atoms with Gasteiger partial charge in [-0.25, -0.2) is 0 Å². The third kappa shape index (κ3) is 3.23. The van der Waals surface area contributed by atoms with E-state index in [1.165, 1.54) is 0 Å². The maximum Gasteiger partial charge on any atom is 0.250 e. The number of nitrogens with two attached hydrogens (primary N) is 1. The molecule has 0 saturated carbocycles. The lowest BCUT2D eigenvalue weighted by atomic mass is 10.1. The van der Waals surface area contributed by atoms with Gasteiger partial charge in [0.05, 0.1) is 10.6 Å². The highest BCUT2D eigenvalue weighted by Gasteiger charge is 2.18. The van der Waals surface area contributed by atoms with Gasteiger partial charge in [-0.2, -0.15) is 0 Å². The topological polar surface area (TPSA) is 72.2 Å². The van der Waals surface area contributed by atoms with Crippen molar-refractivity contribution in [1.29, 1.82) is 0 Å². The fraction of sp³-hybridized carbons (Fsp3) is 0.417. The molecule has 0 unspecified atom stereocenters. The summed E-state index contributed by atoms with van der Waals surface area (Å²) in [5, 5.41) is 3.69. The van der Waals surface area contributed by atoms with Gasteiger partial charge >= 0.3 is 0 Å². The minimum Gasteiger partial charge on any atom is -0.382 e. The molecule has 18 heavy (non-hydrogen) atoms. The number of benzene rings is 1. The summed E-state index contributed by atoms with van der Waals surface area (Å²) in [6.07, 6.45) is 1.78. The van der Waals surface area contributed by atoms with Crippen LogP contribution in [0.1, 0.15) is 23.2 Å². The highest BCUT2D eigenvalue weighted by atomic mass is 35.5. The van der Waals surface area contributed by atoms with Crippen LogP contribution in [0.4, 0.5) is 5.69 Å². The quantitative estimate of drug-likeness (QED) is 0.889. The third-order valence-electron chi connectivity index (χ3n) is 2.99. The summed E-state index contributed by atoms with van der Waals surface area (Å²) in [6, 6.07) is 5.43. The van der Waals surface area contributed by atoms with E-state index in [9.17, 15) is 9.00 Å². The summed E-state index contributed by atoms with van der Waals surface area (Å²) < 4.78 is 11.2. The van der Waals surface area contributed by atoms with E-state index in [4.69, 9.17) is 17.3 Å². The second-order valence-corrected chi connectivity index (χ2v) is 6.43. The molecule has 1 aliphatic rings. The first-order valence-electron chi connectivity index (χ1n) is 5.77. The Morgan fingerprint density at radius 2 is 2.06 bits per heavy atom. The van der Waals surface area contributed by atoms with Gasteiger partial charge in [0, 0.05) is 34.0 Å². The van der Waals surface area contributed by atoms with Crippen molar-refractivity contribution in [3.8, 4) is 0 Å². The number of primary amides is 1. The van der Waals surface area contributed by atoms with E-state index in [0.717, 1.165) is 30.0 Å². The predicted molar refractivity (Wildman–Crippen MR) is 74.5 cm³/mol. The van der Waals surface area contributed by atoms with E-state index in [1.54, 1.807) is 18.2 Å². The highest BCUT2D eigenvalue weighted by Crippen LogP contribution is 2.23. The number of hydrogen-bond acceptors (Lipinski definition) is 3. The zero-order valence-corrected chi connectivity index (χ0v) is 11.4. The summed E-state index contributed by atoms with van der Waals surface area (Å²) in [6.45, 7) is 0. The smallest absolute Gasteiger partial charge is 0.250 e. The average Bonchev–Trinajstić information content (AvgIpc) is 2.32.